The molecule has 0 saturated carbocycles. The van der Waals surface area contributed by atoms with Gasteiger partial charge in [-0.05, 0) is 41.8 Å². The molecule has 2 aliphatic rings. The van der Waals surface area contributed by atoms with Gasteiger partial charge >= 0.3 is 0 Å². The van der Waals surface area contributed by atoms with Crippen LogP contribution < -0.4 is 9.64 Å². The van der Waals surface area contributed by atoms with Crippen molar-refractivity contribution in [3.63, 3.8) is 0 Å². The molecule has 0 radical (unpaired) electrons. The second-order valence-electron chi connectivity index (χ2n) is 7.98. The number of halogens is 1. The molecule has 1 fully saturated rings. The summed E-state index contributed by atoms with van der Waals surface area (Å²) in [5.74, 6) is 0.443. The summed E-state index contributed by atoms with van der Waals surface area (Å²) in [5, 5.41) is 0.464. The largest absolute Gasteiger partial charge is 0.493 e. The second kappa shape index (κ2) is 9.12. The van der Waals surface area contributed by atoms with Crippen LogP contribution in [0.4, 0.5) is 5.69 Å². The van der Waals surface area contributed by atoms with Gasteiger partial charge in [0.25, 0.3) is 11.8 Å². The van der Waals surface area contributed by atoms with E-state index in [4.69, 9.17) is 21.1 Å². The van der Waals surface area contributed by atoms with Gasteiger partial charge in [0.1, 0.15) is 11.4 Å². The lowest BCUT2D eigenvalue weighted by Gasteiger charge is -2.29. The lowest BCUT2D eigenvalue weighted by molar-refractivity contribution is -0.121. The molecule has 0 unspecified atom stereocenters. The zero-order valence-corrected chi connectivity index (χ0v) is 18.4. The molecule has 0 spiro atoms. The molecule has 2 amide bonds. The van der Waals surface area contributed by atoms with Crippen LogP contribution in [-0.2, 0) is 14.3 Å². The minimum absolute atomic E-state index is 0.343. The zero-order chi connectivity index (χ0) is 22.0. The van der Waals surface area contributed by atoms with E-state index in [0.717, 1.165) is 5.75 Å². The van der Waals surface area contributed by atoms with E-state index in [1.807, 2.05) is 29.2 Å². The molecule has 0 aromatic heterocycles. The van der Waals surface area contributed by atoms with Gasteiger partial charge in [0.15, 0.2) is 0 Å². The van der Waals surface area contributed by atoms with E-state index >= 15 is 0 Å². The minimum atomic E-state index is -0.357. The van der Waals surface area contributed by atoms with E-state index in [2.05, 4.69) is 13.8 Å². The van der Waals surface area contributed by atoms with E-state index in [1.165, 1.54) is 4.90 Å². The maximum absolute atomic E-state index is 13.5. The Hall–Kier alpha value is -2.83. The normalized spacial score (nSPS) is 17.2. The topological polar surface area (TPSA) is 59.1 Å². The Morgan fingerprint density at radius 1 is 1.03 bits per heavy atom. The number of amides is 2. The number of hydrogen-bond donors (Lipinski definition) is 0. The molecule has 2 aliphatic heterocycles. The molecule has 4 rings (SSSR count). The van der Waals surface area contributed by atoms with Crippen LogP contribution in [0.15, 0.2) is 54.2 Å². The molecule has 0 aliphatic carbocycles. The van der Waals surface area contributed by atoms with Crippen molar-refractivity contribution < 1.29 is 19.1 Å². The lowest BCUT2D eigenvalue weighted by atomic mass is 10.0. The molecule has 7 heteroatoms. The van der Waals surface area contributed by atoms with Crippen LogP contribution in [0, 0.1) is 5.92 Å². The Kier molecular flexibility index (Phi) is 6.30. The van der Waals surface area contributed by atoms with E-state index in [1.54, 1.807) is 24.3 Å². The Balaban J connectivity index is 1.72. The van der Waals surface area contributed by atoms with Gasteiger partial charge in [0, 0.05) is 18.1 Å². The van der Waals surface area contributed by atoms with E-state index in [9.17, 15) is 9.59 Å². The first kappa shape index (κ1) is 21.4. The van der Waals surface area contributed by atoms with Crippen molar-refractivity contribution in [1.29, 1.82) is 0 Å². The lowest BCUT2D eigenvalue weighted by Crippen LogP contribution is -2.40. The monoisotopic (exact) mass is 440 g/mol. The molecule has 2 heterocycles. The second-order valence-corrected chi connectivity index (χ2v) is 8.41. The van der Waals surface area contributed by atoms with Gasteiger partial charge in [0.2, 0.25) is 0 Å². The molecule has 2 aromatic carbocycles. The molecular formula is C24H25ClN2O4. The summed E-state index contributed by atoms with van der Waals surface area (Å²) < 4.78 is 11.2. The summed E-state index contributed by atoms with van der Waals surface area (Å²) in [6.45, 7) is 6.91. The molecule has 2 aromatic rings. The van der Waals surface area contributed by atoms with Crippen molar-refractivity contribution in [2.75, 3.05) is 37.8 Å². The van der Waals surface area contributed by atoms with E-state index in [0.29, 0.717) is 66.4 Å². The molecule has 31 heavy (non-hydrogen) atoms. The first-order chi connectivity index (χ1) is 15.0. The highest BCUT2D eigenvalue weighted by Gasteiger charge is 2.42. The molecule has 162 valence electrons. The molecule has 0 bridgehead atoms. The van der Waals surface area contributed by atoms with Crippen LogP contribution in [0.2, 0.25) is 5.02 Å². The molecule has 6 nitrogen and oxygen atoms in total. The maximum atomic E-state index is 13.5. The molecule has 0 N–H and O–H groups in total. The Morgan fingerprint density at radius 2 is 1.74 bits per heavy atom. The third-order valence-electron chi connectivity index (χ3n) is 5.18. The first-order valence-electron chi connectivity index (χ1n) is 10.4. The standard InChI is InChI=1S/C24H25ClN2O4/c1-16(2)15-31-20-8-6-17(7-9-20)21-22(26-10-12-30-13-11-26)24(29)27(23(21)28)19-5-3-4-18(25)14-19/h3-9,14,16H,10-13,15H2,1-2H3. The summed E-state index contributed by atoms with van der Waals surface area (Å²) in [4.78, 5) is 30.1. The Labute approximate surface area is 187 Å². The van der Waals surface area contributed by atoms with E-state index in [-0.39, 0.29) is 11.8 Å². The van der Waals surface area contributed by atoms with Crippen molar-refractivity contribution >= 4 is 34.7 Å². The Bertz CT molecular complexity index is 1010. The number of rotatable bonds is 6. The average Bonchev–Trinajstić information content (AvgIpc) is 3.03. The third kappa shape index (κ3) is 4.45. The highest BCUT2D eigenvalue weighted by molar-refractivity contribution is 6.45. The van der Waals surface area contributed by atoms with Gasteiger partial charge in [-0.1, -0.05) is 43.6 Å². The van der Waals surface area contributed by atoms with Crippen LogP contribution in [0.25, 0.3) is 5.57 Å². The van der Waals surface area contributed by atoms with Gasteiger partial charge in [-0.25, -0.2) is 4.90 Å². The Morgan fingerprint density at radius 3 is 2.39 bits per heavy atom. The number of nitrogens with zero attached hydrogens (tertiary/aromatic N) is 2. The fourth-order valence-corrected chi connectivity index (χ4v) is 3.87. The van der Waals surface area contributed by atoms with Crippen LogP contribution >= 0.6 is 11.6 Å². The third-order valence-corrected chi connectivity index (χ3v) is 5.41. The van der Waals surface area contributed by atoms with Crippen molar-refractivity contribution in [2.45, 2.75) is 13.8 Å². The maximum Gasteiger partial charge on any atom is 0.282 e. The predicted molar refractivity (Wildman–Crippen MR) is 120 cm³/mol. The van der Waals surface area contributed by atoms with Crippen LogP contribution in [0.3, 0.4) is 0 Å². The summed E-state index contributed by atoms with van der Waals surface area (Å²) in [6.07, 6.45) is 0. The number of ether oxygens (including phenoxy) is 2. The predicted octanol–water partition coefficient (Wildman–Crippen LogP) is 3.99. The number of morpholine rings is 1. The van der Waals surface area contributed by atoms with Crippen LogP contribution in [0.1, 0.15) is 19.4 Å². The van der Waals surface area contributed by atoms with Crippen LogP contribution in [0.5, 0.6) is 5.75 Å². The average molecular weight is 441 g/mol. The SMILES string of the molecule is CC(C)COc1ccc(C2=C(N3CCOCC3)C(=O)N(c3cccc(Cl)c3)C2=O)cc1. The summed E-state index contributed by atoms with van der Waals surface area (Å²) in [7, 11) is 0. The number of benzene rings is 2. The minimum Gasteiger partial charge on any atom is -0.493 e. The fourth-order valence-electron chi connectivity index (χ4n) is 3.69. The highest BCUT2D eigenvalue weighted by Crippen LogP contribution is 2.36. The number of hydrogen-bond acceptors (Lipinski definition) is 5. The van der Waals surface area contributed by atoms with Gasteiger partial charge in [-0.15, -0.1) is 0 Å². The zero-order valence-electron chi connectivity index (χ0n) is 17.6. The fraction of sp³-hybridized carbons (Fsp3) is 0.333. The summed E-state index contributed by atoms with van der Waals surface area (Å²) >= 11 is 6.12. The molecule has 1 saturated heterocycles. The molecule has 0 atom stereocenters. The van der Waals surface area contributed by atoms with Crippen molar-refractivity contribution in [2.24, 2.45) is 5.92 Å². The summed E-state index contributed by atoms with van der Waals surface area (Å²) in [5.41, 5.74) is 1.94. The smallest absolute Gasteiger partial charge is 0.282 e. The first-order valence-corrected chi connectivity index (χ1v) is 10.8. The van der Waals surface area contributed by atoms with Gasteiger partial charge in [-0.3, -0.25) is 9.59 Å². The van der Waals surface area contributed by atoms with Gasteiger partial charge in [-0.2, -0.15) is 0 Å². The number of carbonyl (C=O) groups is 2. The highest BCUT2D eigenvalue weighted by atomic mass is 35.5. The van der Waals surface area contributed by atoms with Crippen LogP contribution in [-0.4, -0.2) is 49.6 Å². The van der Waals surface area contributed by atoms with Crippen molar-refractivity contribution in [3.8, 4) is 5.75 Å². The van der Waals surface area contributed by atoms with Gasteiger partial charge < -0.3 is 14.4 Å². The number of anilines is 1. The number of carbonyl (C=O) groups excluding carboxylic acids is 2. The quantitative estimate of drug-likeness (QED) is 0.635. The van der Waals surface area contributed by atoms with Gasteiger partial charge in [0.05, 0.1) is 31.1 Å². The van der Waals surface area contributed by atoms with E-state index < -0.39 is 0 Å². The van der Waals surface area contributed by atoms with Crippen molar-refractivity contribution in [3.05, 3.63) is 64.8 Å². The number of imide groups is 1. The van der Waals surface area contributed by atoms with Crippen molar-refractivity contribution in [1.82, 2.24) is 4.90 Å². The molecular weight excluding hydrogens is 416 g/mol. The summed E-state index contributed by atoms with van der Waals surface area (Å²) in [6, 6.07) is 14.1.